The van der Waals surface area contributed by atoms with Crippen molar-refractivity contribution in [3.05, 3.63) is 33.8 Å². The quantitative estimate of drug-likeness (QED) is 0.870. The molecule has 0 radical (unpaired) electrons. The first-order valence-electron chi connectivity index (χ1n) is 5.79. The number of hydrogen-bond donors (Lipinski definition) is 2. The maximum atomic E-state index is 9.23. The Morgan fingerprint density at radius 3 is 2.88 bits per heavy atom. The van der Waals surface area contributed by atoms with Crippen molar-refractivity contribution in [1.82, 2.24) is 5.32 Å². The Morgan fingerprint density at radius 1 is 1.35 bits per heavy atom. The predicted molar refractivity (Wildman–Crippen MR) is 73.5 cm³/mol. The van der Waals surface area contributed by atoms with E-state index < -0.39 is 0 Å². The van der Waals surface area contributed by atoms with Crippen molar-refractivity contribution in [2.24, 2.45) is 0 Å². The standard InChI is InChI=1S/C13H15NOS2/c15-9-13(3-4-13)14-7-11-6-10(8-17-11)12-2-1-5-16-12/h1-2,5-6,8,14-15H,3-4,7,9H2. The highest BCUT2D eigenvalue weighted by molar-refractivity contribution is 7.14. The Hall–Kier alpha value is -0.680. The molecule has 0 bridgehead atoms. The van der Waals surface area contributed by atoms with Crippen LogP contribution in [0, 0.1) is 0 Å². The zero-order valence-corrected chi connectivity index (χ0v) is 11.1. The molecule has 3 rings (SSSR count). The minimum absolute atomic E-state index is 0.0348. The van der Waals surface area contributed by atoms with Crippen LogP contribution in [0.15, 0.2) is 29.0 Å². The van der Waals surface area contributed by atoms with Crippen molar-refractivity contribution in [2.75, 3.05) is 6.61 Å². The highest BCUT2D eigenvalue weighted by atomic mass is 32.1. The van der Waals surface area contributed by atoms with Gasteiger partial charge in [0.2, 0.25) is 0 Å². The van der Waals surface area contributed by atoms with Gasteiger partial charge in [-0.25, -0.2) is 0 Å². The average molecular weight is 265 g/mol. The van der Waals surface area contributed by atoms with Gasteiger partial charge in [-0.3, -0.25) is 0 Å². The smallest absolute Gasteiger partial charge is 0.0613 e. The molecule has 2 aromatic heterocycles. The average Bonchev–Trinajstić information content (AvgIpc) is 2.81. The Balaban J connectivity index is 1.65. The number of thiophene rings is 2. The molecule has 1 saturated carbocycles. The molecule has 90 valence electrons. The summed E-state index contributed by atoms with van der Waals surface area (Å²) >= 11 is 3.57. The molecule has 0 unspecified atom stereocenters. The van der Waals surface area contributed by atoms with Crippen LogP contribution in [-0.4, -0.2) is 17.3 Å². The maximum absolute atomic E-state index is 9.23. The normalized spacial score (nSPS) is 17.2. The molecule has 0 amide bonds. The molecule has 2 heterocycles. The van der Waals surface area contributed by atoms with Crippen molar-refractivity contribution < 1.29 is 5.11 Å². The minimum atomic E-state index is 0.0348. The first-order chi connectivity index (χ1) is 8.31. The van der Waals surface area contributed by atoms with Gasteiger partial charge >= 0.3 is 0 Å². The third-order valence-corrected chi connectivity index (χ3v) is 5.11. The first kappa shape index (κ1) is 11.4. The van der Waals surface area contributed by atoms with E-state index in [2.05, 4.69) is 34.3 Å². The monoisotopic (exact) mass is 265 g/mol. The van der Waals surface area contributed by atoms with Gasteiger partial charge in [-0.1, -0.05) is 6.07 Å². The van der Waals surface area contributed by atoms with Crippen LogP contribution >= 0.6 is 22.7 Å². The summed E-state index contributed by atoms with van der Waals surface area (Å²) in [6, 6.07) is 6.48. The molecule has 1 aliphatic rings. The lowest BCUT2D eigenvalue weighted by Crippen LogP contribution is -2.33. The zero-order valence-electron chi connectivity index (χ0n) is 9.48. The van der Waals surface area contributed by atoms with Crippen molar-refractivity contribution >= 4 is 22.7 Å². The van der Waals surface area contributed by atoms with Gasteiger partial charge in [-0.05, 0) is 35.7 Å². The number of rotatable bonds is 5. The van der Waals surface area contributed by atoms with E-state index >= 15 is 0 Å². The van der Waals surface area contributed by atoms with E-state index in [-0.39, 0.29) is 12.1 Å². The van der Waals surface area contributed by atoms with Crippen molar-refractivity contribution in [2.45, 2.75) is 24.9 Å². The van der Waals surface area contributed by atoms with E-state index in [1.807, 2.05) is 0 Å². The van der Waals surface area contributed by atoms with Crippen LogP contribution in [0.5, 0.6) is 0 Å². The van der Waals surface area contributed by atoms with Crippen LogP contribution in [-0.2, 0) is 6.54 Å². The van der Waals surface area contributed by atoms with Gasteiger partial charge in [0.15, 0.2) is 0 Å². The van der Waals surface area contributed by atoms with Crippen molar-refractivity contribution in [1.29, 1.82) is 0 Å². The SMILES string of the molecule is OCC1(NCc2cc(-c3cccs3)cs2)CC1. The van der Waals surface area contributed by atoms with Gasteiger partial charge in [0.25, 0.3) is 0 Å². The largest absolute Gasteiger partial charge is 0.394 e. The molecule has 1 fully saturated rings. The summed E-state index contributed by atoms with van der Waals surface area (Å²) in [6.07, 6.45) is 2.21. The summed E-state index contributed by atoms with van der Waals surface area (Å²) in [7, 11) is 0. The fraction of sp³-hybridized carbons (Fsp3) is 0.385. The Labute approximate surface area is 109 Å². The zero-order chi connectivity index (χ0) is 11.7. The van der Waals surface area contributed by atoms with Crippen LogP contribution in [0.3, 0.4) is 0 Å². The second-order valence-corrected chi connectivity index (χ2v) is 6.51. The Morgan fingerprint density at radius 2 is 2.24 bits per heavy atom. The molecule has 17 heavy (non-hydrogen) atoms. The van der Waals surface area contributed by atoms with Crippen LogP contribution in [0.1, 0.15) is 17.7 Å². The van der Waals surface area contributed by atoms with Crippen LogP contribution in [0.2, 0.25) is 0 Å². The first-order valence-corrected chi connectivity index (χ1v) is 7.54. The van der Waals surface area contributed by atoms with Gasteiger partial charge in [-0.15, -0.1) is 22.7 Å². The van der Waals surface area contributed by atoms with E-state index in [9.17, 15) is 5.11 Å². The molecule has 2 aromatic rings. The lowest BCUT2D eigenvalue weighted by molar-refractivity contribution is 0.230. The summed E-state index contributed by atoms with van der Waals surface area (Å²) in [5.41, 5.74) is 1.35. The summed E-state index contributed by atoms with van der Waals surface area (Å²) in [6.45, 7) is 1.13. The lowest BCUT2D eigenvalue weighted by atomic mass is 10.2. The molecule has 0 spiro atoms. The molecule has 4 heteroatoms. The molecular weight excluding hydrogens is 250 g/mol. The molecule has 2 nitrogen and oxygen atoms in total. The van der Waals surface area contributed by atoms with Crippen molar-refractivity contribution in [3.8, 4) is 10.4 Å². The summed E-state index contributed by atoms with van der Waals surface area (Å²) in [5, 5.41) is 17.0. The fourth-order valence-corrected chi connectivity index (χ4v) is 3.47. The Kier molecular flexibility index (Phi) is 3.04. The van der Waals surface area contributed by atoms with Crippen molar-refractivity contribution in [3.63, 3.8) is 0 Å². The maximum Gasteiger partial charge on any atom is 0.0613 e. The highest BCUT2D eigenvalue weighted by Gasteiger charge is 2.41. The van der Waals surface area contributed by atoms with E-state index in [0.717, 1.165) is 19.4 Å². The summed E-state index contributed by atoms with van der Waals surface area (Å²) in [5.74, 6) is 0. The number of nitrogens with one attached hydrogen (secondary N) is 1. The van der Waals surface area contributed by atoms with Gasteiger partial charge in [0, 0.05) is 27.4 Å². The number of aliphatic hydroxyl groups excluding tert-OH is 1. The third kappa shape index (κ3) is 2.45. The molecule has 0 saturated heterocycles. The van der Waals surface area contributed by atoms with Crippen LogP contribution in [0.25, 0.3) is 10.4 Å². The lowest BCUT2D eigenvalue weighted by Gasteiger charge is -2.12. The molecule has 0 aromatic carbocycles. The second kappa shape index (κ2) is 4.53. The molecule has 2 N–H and O–H groups in total. The molecule has 1 aliphatic carbocycles. The Bertz CT molecular complexity index is 485. The van der Waals surface area contributed by atoms with Gasteiger partial charge in [0.05, 0.1) is 6.61 Å². The molecule has 0 atom stereocenters. The minimum Gasteiger partial charge on any atom is -0.394 e. The third-order valence-electron chi connectivity index (χ3n) is 3.25. The topological polar surface area (TPSA) is 32.3 Å². The summed E-state index contributed by atoms with van der Waals surface area (Å²) in [4.78, 5) is 2.67. The number of hydrogen-bond acceptors (Lipinski definition) is 4. The van der Waals surface area contributed by atoms with Crippen LogP contribution < -0.4 is 5.32 Å². The van der Waals surface area contributed by atoms with Gasteiger partial charge in [0.1, 0.15) is 0 Å². The number of aliphatic hydroxyl groups is 1. The van der Waals surface area contributed by atoms with E-state index in [4.69, 9.17) is 0 Å². The summed E-state index contributed by atoms with van der Waals surface area (Å²) < 4.78 is 0. The highest BCUT2D eigenvalue weighted by Crippen LogP contribution is 2.35. The van der Waals surface area contributed by atoms with E-state index in [1.165, 1.54) is 15.3 Å². The fourth-order valence-electron chi connectivity index (χ4n) is 1.86. The van der Waals surface area contributed by atoms with Gasteiger partial charge in [-0.2, -0.15) is 0 Å². The molecular formula is C13H15NOS2. The van der Waals surface area contributed by atoms with E-state index in [0.29, 0.717) is 0 Å². The van der Waals surface area contributed by atoms with E-state index in [1.54, 1.807) is 22.7 Å². The van der Waals surface area contributed by atoms with Crippen LogP contribution in [0.4, 0.5) is 0 Å². The second-order valence-electron chi connectivity index (χ2n) is 4.57. The predicted octanol–water partition coefficient (Wildman–Crippen LogP) is 3.09. The van der Waals surface area contributed by atoms with Gasteiger partial charge < -0.3 is 10.4 Å². The molecule has 0 aliphatic heterocycles.